The summed E-state index contributed by atoms with van der Waals surface area (Å²) in [5.41, 5.74) is 19.0. The molecule has 4 aliphatic rings. The van der Waals surface area contributed by atoms with Gasteiger partial charge in [-0.3, -0.25) is 4.79 Å². The number of nitrogens with zero attached hydrogens (tertiary/aromatic N) is 7. The zero-order valence-corrected chi connectivity index (χ0v) is 25.6. The van der Waals surface area contributed by atoms with Crippen LogP contribution >= 0.6 is 0 Å². The van der Waals surface area contributed by atoms with E-state index in [2.05, 4.69) is 25.4 Å². The third-order valence-electron chi connectivity index (χ3n) is 9.68. The molecule has 1 heterocycles. The number of hydrogen-bond acceptors (Lipinski definition) is 9. The summed E-state index contributed by atoms with van der Waals surface area (Å²) >= 11 is 0. The average molecular weight is 617 g/mol. The molecule has 0 aromatic carbocycles. The van der Waals surface area contributed by atoms with Gasteiger partial charge in [-0.25, -0.2) is 4.99 Å². The van der Waals surface area contributed by atoms with E-state index in [-0.39, 0.29) is 43.7 Å². The van der Waals surface area contributed by atoms with Crippen molar-refractivity contribution in [3.8, 4) is 0 Å². The van der Waals surface area contributed by atoms with Crippen LogP contribution in [0.3, 0.4) is 0 Å². The number of aliphatic hydroxyl groups excluding tert-OH is 3. The molecule has 2 saturated carbocycles. The number of aliphatic imine (C=N–C) groups is 1. The molecule has 3 aliphatic carbocycles. The van der Waals surface area contributed by atoms with E-state index in [0.717, 1.165) is 81.8 Å². The summed E-state index contributed by atoms with van der Waals surface area (Å²) in [6, 6.07) is -0.268. The average Bonchev–Trinajstić information content (AvgIpc) is 3.44. The second-order valence-corrected chi connectivity index (χ2v) is 12.6. The van der Waals surface area contributed by atoms with Crippen LogP contribution in [0.25, 0.3) is 20.9 Å². The van der Waals surface area contributed by atoms with Gasteiger partial charge in [0.05, 0.1) is 18.8 Å². The highest BCUT2D eigenvalue weighted by Gasteiger charge is 2.56. The van der Waals surface area contributed by atoms with E-state index >= 15 is 0 Å². The van der Waals surface area contributed by atoms with Gasteiger partial charge in [0, 0.05) is 48.1 Å². The predicted molar refractivity (Wildman–Crippen MR) is 164 cm³/mol. The second kappa shape index (κ2) is 17.0. The number of hydrogen-bond donors (Lipinski definition) is 4. The van der Waals surface area contributed by atoms with Crippen molar-refractivity contribution in [3.63, 3.8) is 0 Å². The lowest BCUT2D eigenvalue weighted by Gasteiger charge is -2.39. The molecule has 0 spiro atoms. The Morgan fingerprint density at radius 1 is 1.09 bits per heavy atom. The molecule has 4 rings (SSSR count). The third kappa shape index (κ3) is 8.44. The molecule has 0 bridgehead atoms. The summed E-state index contributed by atoms with van der Waals surface area (Å²) in [5.74, 6) is 0.0521. The molecule has 14 nitrogen and oxygen atoms in total. The number of rotatable bonds is 15. The predicted octanol–water partition coefficient (Wildman–Crippen LogP) is 4.39. The first-order valence-electron chi connectivity index (χ1n) is 16.3. The van der Waals surface area contributed by atoms with Gasteiger partial charge in [-0.1, -0.05) is 28.6 Å². The summed E-state index contributed by atoms with van der Waals surface area (Å²) in [7, 11) is 0. The SMILES string of the molecule is [N-]=[N+]=NCC1=C([C@@H]2OC(C3CCC(OCCCO)CC3)=N[C@]2(CC2CCCCC2N=[N+]=[N-])C(=O)NCC(O)CO)CCCC1. The summed E-state index contributed by atoms with van der Waals surface area (Å²) in [6.45, 7) is 0.182. The molecular formula is C30H48N8O6. The standard InChI is InChI=1S/C30H48N8O6/c31-37-34-17-22-7-1-3-8-25(22)27-30(29(42)33-18-23(41)19-40,16-21-6-2-4-9-26(21)36-38-32)35-28(44-27)20-10-12-24(13-11-20)43-15-5-14-39/h20-21,23-24,26-27,39-41H,1-19H2,(H,33,42)/t20?,21?,23?,24?,26?,27-,30-/m0/s1. The maximum atomic E-state index is 14.4. The summed E-state index contributed by atoms with van der Waals surface area (Å²) in [6.07, 6.45) is 9.09. The first kappa shape index (κ1) is 34.0. The van der Waals surface area contributed by atoms with Crippen molar-refractivity contribution < 1.29 is 29.6 Å². The van der Waals surface area contributed by atoms with E-state index in [1.165, 1.54) is 0 Å². The number of carbonyl (C=O) groups excluding carboxylic acids is 1. The van der Waals surface area contributed by atoms with E-state index in [1.54, 1.807) is 0 Å². The lowest BCUT2D eigenvalue weighted by Crippen LogP contribution is -2.56. The fourth-order valence-electron chi connectivity index (χ4n) is 7.33. The van der Waals surface area contributed by atoms with E-state index in [9.17, 15) is 20.5 Å². The van der Waals surface area contributed by atoms with Crippen molar-refractivity contribution in [2.45, 2.75) is 120 Å². The number of ether oxygens (including phenoxy) is 2. The van der Waals surface area contributed by atoms with Crippen molar-refractivity contribution in [1.29, 1.82) is 0 Å². The Morgan fingerprint density at radius 2 is 1.86 bits per heavy atom. The molecule has 2 fully saturated rings. The fourth-order valence-corrected chi connectivity index (χ4v) is 7.33. The first-order chi connectivity index (χ1) is 21.4. The quantitative estimate of drug-likeness (QED) is 0.0687. The molecule has 244 valence electrons. The van der Waals surface area contributed by atoms with Gasteiger partial charge in [0.2, 0.25) is 0 Å². The zero-order chi connectivity index (χ0) is 31.4. The lowest BCUT2D eigenvalue weighted by molar-refractivity contribution is -0.129. The Hall–Kier alpha value is -2.86. The monoisotopic (exact) mass is 616 g/mol. The molecule has 0 aromatic rings. The smallest absolute Gasteiger partial charge is 0.252 e. The van der Waals surface area contributed by atoms with Gasteiger partial charge < -0.3 is 30.1 Å². The van der Waals surface area contributed by atoms with Crippen LogP contribution in [0.4, 0.5) is 0 Å². The Balaban J connectivity index is 1.73. The van der Waals surface area contributed by atoms with Crippen molar-refractivity contribution in [3.05, 3.63) is 32.0 Å². The van der Waals surface area contributed by atoms with Gasteiger partial charge in [-0.15, -0.1) is 0 Å². The molecule has 1 aliphatic heterocycles. The van der Waals surface area contributed by atoms with Crippen LogP contribution in [0.1, 0.15) is 89.9 Å². The fraction of sp³-hybridized carbons (Fsp3) is 0.867. The Bertz CT molecular complexity index is 1130. The van der Waals surface area contributed by atoms with E-state index in [0.29, 0.717) is 31.8 Å². The highest BCUT2D eigenvalue weighted by molar-refractivity contribution is 5.95. The Kier molecular flexibility index (Phi) is 13.1. The number of aliphatic hydroxyl groups is 3. The van der Waals surface area contributed by atoms with Crippen LogP contribution in [-0.4, -0.2) is 89.9 Å². The molecule has 14 heteroatoms. The minimum atomic E-state index is -1.38. The third-order valence-corrected chi connectivity index (χ3v) is 9.68. The van der Waals surface area contributed by atoms with Gasteiger partial charge in [0.1, 0.15) is 0 Å². The maximum Gasteiger partial charge on any atom is 0.252 e. The molecule has 0 radical (unpaired) electrons. The van der Waals surface area contributed by atoms with Crippen molar-refractivity contribution in [2.75, 3.05) is 32.9 Å². The van der Waals surface area contributed by atoms with Gasteiger partial charge in [0.15, 0.2) is 17.5 Å². The van der Waals surface area contributed by atoms with Gasteiger partial charge in [-0.05, 0) is 99.6 Å². The van der Waals surface area contributed by atoms with Crippen LogP contribution in [0.5, 0.6) is 0 Å². The molecule has 1 amide bonds. The van der Waals surface area contributed by atoms with Crippen molar-refractivity contribution in [1.82, 2.24) is 5.32 Å². The summed E-state index contributed by atoms with van der Waals surface area (Å²) in [4.78, 5) is 25.7. The minimum Gasteiger partial charge on any atom is -0.470 e. The van der Waals surface area contributed by atoms with Crippen molar-refractivity contribution in [2.24, 2.45) is 27.1 Å². The second-order valence-electron chi connectivity index (χ2n) is 12.6. The molecule has 0 saturated heterocycles. The number of carbonyl (C=O) groups is 1. The number of amides is 1. The zero-order valence-electron chi connectivity index (χ0n) is 25.6. The van der Waals surface area contributed by atoms with Gasteiger partial charge >= 0.3 is 0 Å². The van der Waals surface area contributed by atoms with Crippen LogP contribution < -0.4 is 5.32 Å². The largest absolute Gasteiger partial charge is 0.470 e. The lowest BCUT2D eigenvalue weighted by atomic mass is 9.71. The topological polar surface area (TPSA) is 218 Å². The molecule has 0 aromatic heterocycles. The van der Waals surface area contributed by atoms with Crippen LogP contribution in [0.2, 0.25) is 0 Å². The van der Waals surface area contributed by atoms with E-state index in [4.69, 9.17) is 25.1 Å². The normalized spacial score (nSPS) is 31.2. The summed E-state index contributed by atoms with van der Waals surface area (Å²) < 4.78 is 12.7. The van der Waals surface area contributed by atoms with E-state index < -0.39 is 30.3 Å². The Morgan fingerprint density at radius 3 is 2.59 bits per heavy atom. The summed E-state index contributed by atoms with van der Waals surface area (Å²) in [5, 5.41) is 39.5. The highest BCUT2D eigenvalue weighted by atomic mass is 16.5. The molecular weight excluding hydrogens is 568 g/mol. The first-order valence-corrected chi connectivity index (χ1v) is 16.3. The van der Waals surface area contributed by atoms with Crippen LogP contribution in [-0.2, 0) is 14.3 Å². The maximum absolute atomic E-state index is 14.4. The minimum absolute atomic E-state index is 0.00282. The van der Waals surface area contributed by atoms with E-state index in [1.807, 2.05) is 0 Å². The molecule has 4 N–H and O–H groups in total. The van der Waals surface area contributed by atoms with Gasteiger partial charge in [0.25, 0.3) is 5.91 Å². The van der Waals surface area contributed by atoms with Crippen LogP contribution in [0, 0.1) is 11.8 Å². The Labute approximate surface area is 258 Å². The van der Waals surface area contributed by atoms with Crippen LogP contribution in [0.15, 0.2) is 26.4 Å². The van der Waals surface area contributed by atoms with Crippen molar-refractivity contribution >= 4 is 11.8 Å². The molecule has 44 heavy (non-hydrogen) atoms. The number of nitrogens with one attached hydrogen (secondary N) is 1. The van der Waals surface area contributed by atoms with Gasteiger partial charge in [-0.2, -0.15) is 0 Å². The molecule has 3 unspecified atom stereocenters. The number of azide groups is 2. The highest BCUT2D eigenvalue weighted by Crippen LogP contribution is 2.46. The molecule has 5 atom stereocenters.